The number of aromatic nitrogens is 1. The second-order valence-corrected chi connectivity index (χ2v) is 5.16. The average molecular weight is 226 g/mol. The van der Waals surface area contributed by atoms with Crippen molar-refractivity contribution in [1.82, 2.24) is 10.3 Å². The van der Waals surface area contributed by atoms with Crippen molar-refractivity contribution in [1.29, 1.82) is 0 Å². The van der Waals surface area contributed by atoms with Crippen molar-refractivity contribution >= 4 is 11.3 Å². The Labute approximate surface area is 94.5 Å². The Hall–Kier alpha value is -0.450. The van der Waals surface area contributed by atoms with Crippen LogP contribution in [-0.4, -0.2) is 29.3 Å². The highest BCUT2D eigenvalue weighted by molar-refractivity contribution is 7.09. The van der Waals surface area contributed by atoms with Gasteiger partial charge in [0.25, 0.3) is 0 Å². The van der Waals surface area contributed by atoms with Crippen molar-refractivity contribution in [2.75, 3.05) is 13.1 Å². The molecule has 1 saturated carbocycles. The van der Waals surface area contributed by atoms with Crippen molar-refractivity contribution in [2.45, 2.75) is 32.3 Å². The predicted molar refractivity (Wildman–Crippen MR) is 62.2 cm³/mol. The van der Waals surface area contributed by atoms with E-state index in [9.17, 15) is 5.11 Å². The Morgan fingerprint density at radius 2 is 2.47 bits per heavy atom. The van der Waals surface area contributed by atoms with Gasteiger partial charge in [-0.1, -0.05) is 0 Å². The van der Waals surface area contributed by atoms with Gasteiger partial charge in [0.2, 0.25) is 0 Å². The molecule has 1 atom stereocenters. The fourth-order valence-corrected chi connectivity index (χ4v) is 2.45. The number of hydrogen-bond acceptors (Lipinski definition) is 4. The van der Waals surface area contributed by atoms with E-state index in [1.807, 2.05) is 12.4 Å². The van der Waals surface area contributed by atoms with Crippen molar-refractivity contribution < 1.29 is 5.11 Å². The lowest BCUT2D eigenvalue weighted by Crippen LogP contribution is -2.29. The van der Waals surface area contributed by atoms with Crippen molar-refractivity contribution in [3.8, 4) is 0 Å². The number of hydrogen-bond donors (Lipinski definition) is 2. The van der Waals surface area contributed by atoms with Crippen LogP contribution >= 0.6 is 11.3 Å². The highest BCUT2D eigenvalue weighted by atomic mass is 32.1. The Bertz CT molecular complexity index is 309. The molecule has 1 aliphatic carbocycles. The van der Waals surface area contributed by atoms with Crippen LogP contribution in [0.3, 0.4) is 0 Å². The summed E-state index contributed by atoms with van der Waals surface area (Å²) in [7, 11) is 0. The van der Waals surface area contributed by atoms with Crippen LogP contribution < -0.4 is 5.32 Å². The summed E-state index contributed by atoms with van der Waals surface area (Å²) in [6.45, 7) is 3.72. The van der Waals surface area contributed by atoms with E-state index in [2.05, 4.69) is 10.3 Å². The molecule has 2 rings (SSSR count). The van der Waals surface area contributed by atoms with Gasteiger partial charge >= 0.3 is 0 Å². The molecule has 1 aromatic rings. The van der Waals surface area contributed by atoms with Crippen molar-refractivity contribution in [3.63, 3.8) is 0 Å². The first-order valence-electron chi connectivity index (χ1n) is 5.55. The summed E-state index contributed by atoms with van der Waals surface area (Å²) in [6.07, 6.45) is 3.30. The lowest BCUT2D eigenvalue weighted by molar-refractivity contribution is 0.149. The normalized spacial score (nSPS) is 18.0. The molecule has 0 amide bonds. The summed E-state index contributed by atoms with van der Waals surface area (Å²) < 4.78 is 0. The molecule has 0 aromatic carbocycles. The summed E-state index contributed by atoms with van der Waals surface area (Å²) in [5.74, 6) is 0.572. The maximum Gasteiger partial charge on any atom is 0.0797 e. The van der Waals surface area contributed by atoms with Crippen LogP contribution in [0.25, 0.3) is 0 Å². The zero-order valence-electron chi connectivity index (χ0n) is 9.07. The van der Waals surface area contributed by atoms with Crippen LogP contribution in [-0.2, 0) is 6.42 Å². The molecule has 0 radical (unpaired) electrons. The zero-order valence-corrected chi connectivity index (χ0v) is 9.89. The van der Waals surface area contributed by atoms with Crippen molar-refractivity contribution in [2.24, 2.45) is 5.92 Å². The summed E-state index contributed by atoms with van der Waals surface area (Å²) in [5, 5.41) is 12.9. The van der Waals surface area contributed by atoms with Gasteiger partial charge in [0.1, 0.15) is 0 Å². The van der Waals surface area contributed by atoms with Gasteiger partial charge in [-0.05, 0) is 32.1 Å². The Kier molecular flexibility index (Phi) is 3.72. The standard InChI is InChI=1S/C11H18N2OS/c1-8-11(15-7-13-8)4-5-12-6-10(14)9-2-3-9/h7,9-10,12,14H,2-6H2,1H3. The Morgan fingerprint density at radius 1 is 1.67 bits per heavy atom. The molecule has 1 aromatic heterocycles. The number of nitrogens with one attached hydrogen (secondary N) is 1. The summed E-state index contributed by atoms with van der Waals surface area (Å²) in [4.78, 5) is 5.56. The largest absolute Gasteiger partial charge is 0.392 e. The monoisotopic (exact) mass is 226 g/mol. The minimum Gasteiger partial charge on any atom is -0.392 e. The van der Waals surface area contributed by atoms with Crippen LogP contribution in [0.2, 0.25) is 0 Å². The van der Waals surface area contributed by atoms with Crippen LogP contribution in [0.5, 0.6) is 0 Å². The Morgan fingerprint density at radius 3 is 3.07 bits per heavy atom. The molecule has 1 aliphatic rings. The molecular formula is C11H18N2OS. The average Bonchev–Trinajstić information content (AvgIpc) is 2.99. The van der Waals surface area contributed by atoms with Gasteiger partial charge in [-0.2, -0.15) is 0 Å². The third kappa shape index (κ3) is 3.26. The van der Waals surface area contributed by atoms with E-state index in [1.165, 1.54) is 17.7 Å². The number of thiazole rings is 1. The van der Waals surface area contributed by atoms with Crippen molar-refractivity contribution in [3.05, 3.63) is 16.1 Å². The molecule has 4 heteroatoms. The van der Waals surface area contributed by atoms with Gasteiger partial charge < -0.3 is 10.4 Å². The zero-order chi connectivity index (χ0) is 10.7. The van der Waals surface area contributed by atoms with E-state index < -0.39 is 0 Å². The number of rotatable bonds is 6. The minimum absolute atomic E-state index is 0.132. The SMILES string of the molecule is Cc1ncsc1CCNCC(O)C1CC1. The lowest BCUT2D eigenvalue weighted by Gasteiger charge is -2.09. The topological polar surface area (TPSA) is 45.2 Å². The van der Waals surface area contributed by atoms with Gasteiger partial charge in [0.05, 0.1) is 17.3 Å². The molecule has 0 aliphatic heterocycles. The molecule has 2 N–H and O–H groups in total. The number of nitrogens with zero attached hydrogens (tertiary/aromatic N) is 1. The minimum atomic E-state index is -0.132. The van der Waals surface area contributed by atoms with Gasteiger partial charge in [-0.3, -0.25) is 0 Å². The highest BCUT2D eigenvalue weighted by Crippen LogP contribution is 2.32. The highest BCUT2D eigenvalue weighted by Gasteiger charge is 2.28. The summed E-state index contributed by atoms with van der Waals surface area (Å²) in [6, 6.07) is 0. The van der Waals surface area contributed by atoms with E-state index in [0.717, 1.165) is 25.2 Å². The third-order valence-electron chi connectivity index (χ3n) is 2.89. The van der Waals surface area contributed by atoms with Crippen LogP contribution in [0, 0.1) is 12.8 Å². The fourth-order valence-electron chi connectivity index (χ4n) is 1.67. The first-order chi connectivity index (χ1) is 7.27. The van der Waals surface area contributed by atoms with Gasteiger partial charge in [-0.25, -0.2) is 4.98 Å². The number of aliphatic hydroxyl groups excluding tert-OH is 1. The Balaban J connectivity index is 1.60. The second kappa shape index (κ2) is 5.05. The molecule has 84 valence electrons. The second-order valence-electron chi connectivity index (χ2n) is 4.22. The molecule has 1 fully saturated rings. The smallest absolute Gasteiger partial charge is 0.0797 e. The van der Waals surface area contributed by atoms with E-state index in [4.69, 9.17) is 0 Å². The number of aryl methyl sites for hydroxylation is 1. The predicted octanol–water partition coefficient (Wildman–Crippen LogP) is 1.35. The maximum absolute atomic E-state index is 9.63. The van der Waals surface area contributed by atoms with E-state index in [-0.39, 0.29) is 6.10 Å². The maximum atomic E-state index is 9.63. The van der Waals surface area contributed by atoms with Crippen LogP contribution in [0.4, 0.5) is 0 Å². The van der Waals surface area contributed by atoms with E-state index >= 15 is 0 Å². The van der Waals surface area contributed by atoms with E-state index in [1.54, 1.807) is 11.3 Å². The van der Waals surface area contributed by atoms with Crippen LogP contribution in [0.1, 0.15) is 23.4 Å². The first kappa shape index (κ1) is 11.0. The summed E-state index contributed by atoms with van der Waals surface area (Å²) in [5.41, 5.74) is 3.04. The molecule has 1 unspecified atom stereocenters. The van der Waals surface area contributed by atoms with Gasteiger partial charge in [-0.15, -0.1) is 11.3 Å². The molecule has 1 heterocycles. The molecule has 3 nitrogen and oxygen atoms in total. The summed E-state index contributed by atoms with van der Waals surface area (Å²) >= 11 is 1.71. The van der Waals surface area contributed by atoms with Gasteiger partial charge in [0, 0.05) is 18.0 Å². The molecule has 0 saturated heterocycles. The van der Waals surface area contributed by atoms with Gasteiger partial charge in [0.15, 0.2) is 0 Å². The lowest BCUT2D eigenvalue weighted by atomic mass is 10.2. The third-order valence-corrected chi connectivity index (χ3v) is 3.89. The van der Waals surface area contributed by atoms with E-state index in [0.29, 0.717) is 5.92 Å². The van der Waals surface area contributed by atoms with Crippen LogP contribution in [0.15, 0.2) is 5.51 Å². The molecule has 0 bridgehead atoms. The molecule has 15 heavy (non-hydrogen) atoms. The first-order valence-corrected chi connectivity index (χ1v) is 6.43. The molecule has 0 spiro atoms. The fraction of sp³-hybridized carbons (Fsp3) is 0.727. The number of aliphatic hydroxyl groups is 1. The quantitative estimate of drug-likeness (QED) is 0.720. The molecular weight excluding hydrogens is 208 g/mol.